The number of nitrogens with zero attached hydrogens (tertiary/aromatic N) is 2. The Kier molecular flexibility index (Phi) is 24.5. The van der Waals surface area contributed by atoms with Crippen molar-refractivity contribution in [1.82, 2.24) is 15.3 Å². The summed E-state index contributed by atoms with van der Waals surface area (Å²) in [5.41, 5.74) is 16.3. The van der Waals surface area contributed by atoms with Crippen molar-refractivity contribution in [3.8, 4) is 0 Å². The van der Waals surface area contributed by atoms with Gasteiger partial charge in [0.15, 0.2) is 0 Å². The molecule has 0 bridgehead atoms. The molecule has 2 saturated carbocycles. The molecule has 2 aromatic heterocycles. The Morgan fingerprint density at radius 3 is 1.46 bits per heavy atom. The SMILES string of the molecule is C.CC(C)(C)OC(=O)Nc1ccc(C(=O)N[C@H]2CCC[C@@H](Nc3cc(C4=CCc5ccccc54)c(Cl)cn3)C2)cc1.CC(C)(C)OC(=O)Nc1ccc(C(=O)O)cc1.N[C@H]1CCC[C@@H](Nc2cc(C3=CCc4ccccc43)c(Cl)cn2)C1.[3H][B].[U]. The molecule has 0 unspecified atom stereocenters. The molecule has 2 heterocycles. The maximum atomic E-state index is 13.0. The van der Waals surface area contributed by atoms with E-state index in [9.17, 15) is 19.2 Å². The summed E-state index contributed by atoms with van der Waals surface area (Å²) in [6.07, 6.45) is 16.9. The molecule has 4 aliphatic rings. The van der Waals surface area contributed by atoms with Crippen molar-refractivity contribution in [1.29, 1.82) is 1.34 Å². The van der Waals surface area contributed by atoms with Crippen LogP contribution in [0.4, 0.5) is 32.6 Å². The number of carbonyl (C=O) groups is 4. The number of nitrogens with two attached hydrogens (primary N) is 1. The van der Waals surface area contributed by atoms with Crippen LogP contribution in [0.5, 0.6) is 0 Å². The standard InChI is InChI=1S/C32H35ClN4O3.C20H22ClN3.C12H15NO4.CH4.BH.U/c1-32(2,3)40-31(39)37-22-14-11-21(12-15-22)30(38)36-24-9-6-8-23(17-24)35-29-18-27(28(33)19-34-29)26-16-13-20-7-4-5-10-25(20)26;21-19-12-23-20(24-15-6-3-5-14(22)10-15)11-18(19)17-9-8-13-4-1-2-7-16(13)17;1-12(2,3)17-11(16)13-9-6-4-8(5-7-9)10(14)15;;;/h4-5,7,10-12,14-16,18-19,23-24H,6,8-9,13,17H2,1-3H3,(H,34,35)(H,36,38)(H,37,39);1-2,4,7,9,11-12,14-15H,3,5-6,8,10,22H2,(H,23,24);4-7H,1-3H3,(H,13,16)(H,14,15);1H4;1H;/t23-,24+;14-,15+;;;;/m10..../s1/i;;;;1T;. The fraction of sp³-hybridized carbons (Fsp3) is 0.354. The maximum Gasteiger partial charge on any atom is 0.412 e. The number of carboxylic acid groups (broad SMARTS) is 1. The van der Waals surface area contributed by atoms with Crippen molar-refractivity contribution in [2.45, 2.75) is 149 Å². The van der Waals surface area contributed by atoms with E-state index in [2.05, 4.69) is 112 Å². The average Bonchev–Trinajstić information content (AvgIpc) is 4.30. The van der Waals surface area contributed by atoms with Gasteiger partial charge in [0.25, 0.3) is 5.91 Å². The number of pyridine rings is 2. The number of carboxylic acids is 1. The van der Waals surface area contributed by atoms with Gasteiger partial charge in [0.2, 0.25) is 0 Å². The number of allylic oxidation sites excluding steroid dienone is 2. The van der Waals surface area contributed by atoms with Gasteiger partial charge >= 0.3 is 18.2 Å². The third kappa shape index (κ3) is 19.7. The fourth-order valence-corrected chi connectivity index (χ4v) is 10.7. The van der Waals surface area contributed by atoms with Crippen LogP contribution in [0, 0.1) is 31.1 Å². The number of hydrogen-bond acceptors (Lipinski definition) is 11. The number of aromatic nitrogens is 2. The average molecular weight is 1400 g/mol. The number of benzene rings is 4. The molecule has 0 aliphatic heterocycles. The van der Waals surface area contributed by atoms with E-state index in [0.29, 0.717) is 39.1 Å². The van der Waals surface area contributed by atoms with Gasteiger partial charge in [0, 0.05) is 104 Å². The van der Waals surface area contributed by atoms with Gasteiger partial charge in [-0.05, 0) is 201 Å². The summed E-state index contributed by atoms with van der Waals surface area (Å²) in [6, 6.07) is 34.6. The summed E-state index contributed by atoms with van der Waals surface area (Å²) < 4.78 is 15.6. The zero-order chi connectivity index (χ0) is 59.8. The minimum atomic E-state index is -1.01. The number of ether oxygens (including phenoxy) is 2. The predicted molar refractivity (Wildman–Crippen MR) is 337 cm³/mol. The van der Waals surface area contributed by atoms with Crippen LogP contribution in [0.1, 0.15) is 154 Å². The van der Waals surface area contributed by atoms with Crippen LogP contribution < -0.4 is 32.3 Å². The Hall–Kier alpha value is -6.60. The second-order valence-electron chi connectivity index (χ2n) is 22.7. The molecule has 10 rings (SSSR count). The monoisotopic (exact) mass is 1400 g/mol. The molecule has 440 valence electrons. The number of carbonyl (C=O) groups excluding carboxylic acids is 3. The molecule has 4 aliphatic carbocycles. The van der Waals surface area contributed by atoms with Crippen LogP contribution in [0.2, 0.25) is 10.0 Å². The van der Waals surface area contributed by atoms with Crippen LogP contribution in [0.3, 0.4) is 0 Å². The summed E-state index contributed by atoms with van der Waals surface area (Å²) >= 11 is 13.0. The Labute approximate surface area is 531 Å². The van der Waals surface area contributed by atoms with Crippen LogP contribution in [-0.2, 0) is 22.3 Å². The van der Waals surface area contributed by atoms with Crippen molar-refractivity contribution in [3.63, 3.8) is 0 Å². The summed E-state index contributed by atoms with van der Waals surface area (Å²) in [6.45, 7) is 10.7. The van der Waals surface area contributed by atoms with E-state index in [1.165, 1.54) is 58.5 Å². The first-order valence-corrected chi connectivity index (χ1v) is 28.3. The van der Waals surface area contributed by atoms with E-state index >= 15 is 0 Å². The summed E-state index contributed by atoms with van der Waals surface area (Å²) in [5, 5.41) is 25.5. The Balaban J connectivity index is 0.000000250. The topological polar surface area (TPSA) is 219 Å². The molecule has 0 saturated heterocycles. The normalized spacial score (nSPS) is 17.5. The Morgan fingerprint density at radius 2 is 1.02 bits per heavy atom. The third-order valence-electron chi connectivity index (χ3n) is 14.0. The zero-order valence-electron chi connectivity index (χ0n) is 48.8. The number of amides is 3. The molecule has 4 aromatic carbocycles. The third-order valence-corrected chi connectivity index (χ3v) is 14.6. The summed E-state index contributed by atoms with van der Waals surface area (Å²) in [7, 11) is 3.75. The molecular formula is C65H77BCl2N8O7U. The zero-order valence-corrected chi connectivity index (χ0v) is 53.5. The number of anilines is 4. The van der Waals surface area contributed by atoms with Crippen LogP contribution in [0.15, 0.2) is 134 Å². The molecule has 15 nitrogen and oxygen atoms in total. The first-order chi connectivity index (χ1) is 39.6. The van der Waals surface area contributed by atoms with E-state index in [1.54, 1.807) is 57.4 Å². The molecule has 6 aromatic rings. The van der Waals surface area contributed by atoms with Crippen LogP contribution >= 0.6 is 23.2 Å². The van der Waals surface area contributed by atoms with Crippen molar-refractivity contribution < 1.29 is 64.9 Å². The van der Waals surface area contributed by atoms with Gasteiger partial charge in [-0.1, -0.05) is 91.3 Å². The number of rotatable bonds is 11. The van der Waals surface area contributed by atoms with Gasteiger partial charge < -0.3 is 36.3 Å². The van der Waals surface area contributed by atoms with E-state index < -0.39 is 29.4 Å². The largest absolute Gasteiger partial charge is 0.478 e. The van der Waals surface area contributed by atoms with E-state index in [1.807, 2.05) is 26.8 Å². The second-order valence-corrected chi connectivity index (χ2v) is 23.5. The molecule has 19 heteroatoms. The molecule has 0 spiro atoms. The predicted octanol–water partition coefficient (Wildman–Crippen LogP) is 14.3. The van der Waals surface area contributed by atoms with Crippen molar-refractivity contribution in [3.05, 3.63) is 188 Å². The Bertz CT molecular complexity index is 3300. The number of aromatic carboxylic acids is 1. The van der Waals surface area contributed by atoms with Crippen molar-refractivity contribution in [2.75, 3.05) is 21.3 Å². The molecule has 84 heavy (non-hydrogen) atoms. The number of halogens is 2. The number of nitrogens with one attached hydrogen (secondary N) is 5. The van der Waals surface area contributed by atoms with Gasteiger partial charge in [-0.15, -0.1) is 0 Å². The van der Waals surface area contributed by atoms with Gasteiger partial charge in [-0.2, -0.15) is 0 Å². The second kappa shape index (κ2) is 31.0. The molecule has 2 radical (unpaired) electrons. The Morgan fingerprint density at radius 1 is 0.607 bits per heavy atom. The summed E-state index contributed by atoms with van der Waals surface area (Å²) in [5.74, 6) is 0.538. The first-order valence-electron chi connectivity index (χ1n) is 28.1. The molecule has 2 fully saturated rings. The molecular weight excluding hydrogens is 1320 g/mol. The molecule has 8 N–H and O–H groups in total. The minimum Gasteiger partial charge on any atom is -0.478 e. The van der Waals surface area contributed by atoms with Gasteiger partial charge in [0.1, 0.15) is 22.8 Å². The van der Waals surface area contributed by atoms with E-state index in [0.717, 1.165) is 86.1 Å². The van der Waals surface area contributed by atoms with Gasteiger partial charge in [-0.25, -0.2) is 24.4 Å². The van der Waals surface area contributed by atoms with E-state index in [-0.39, 0.29) is 62.1 Å². The summed E-state index contributed by atoms with van der Waals surface area (Å²) in [4.78, 5) is 56.0. The first kappa shape index (κ1) is 66.5. The molecule has 4 atom stereocenters. The van der Waals surface area contributed by atoms with Crippen molar-refractivity contribution in [2.24, 2.45) is 5.73 Å². The minimum absolute atomic E-state index is 0. The van der Waals surface area contributed by atoms with Crippen molar-refractivity contribution >= 4 is 89.8 Å². The van der Waals surface area contributed by atoms with Gasteiger partial charge in [0.05, 0.1) is 15.6 Å². The van der Waals surface area contributed by atoms with Crippen LogP contribution in [0.25, 0.3) is 11.1 Å². The number of hydrogen-bond donors (Lipinski definition) is 7. The smallest absolute Gasteiger partial charge is 0.412 e. The van der Waals surface area contributed by atoms with E-state index in [4.69, 9.17) is 44.9 Å². The molecule has 3 amide bonds. The quantitative estimate of drug-likeness (QED) is 0.0603. The van der Waals surface area contributed by atoms with Gasteiger partial charge in [-0.3, -0.25) is 15.4 Å². The fourth-order valence-electron chi connectivity index (χ4n) is 10.3. The van der Waals surface area contributed by atoms with Crippen LogP contribution in [-0.4, -0.2) is 84.2 Å². The maximum absolute atomic E-state index is 13.0. The number of fused-ring (bicyclic) bond motifs is 2.